The Hall–Kier alpha value is -2.88. The first kappa shape index (κ1) is 15.6. The number of nitrogens with zero attached hydrogens (tertiary/aromatic N) is 2. The van der Waals surface area contributed by atoms with E-state index in [-0.39, 0.29) is 11.9 Å². The highest BCUT2D eigenvalue weighted by molar-refractivity contribution is 5.92. The average molecular weight is 332 g/mol. The quantitative estimate of drug-likeness (QED) is 0.663. The van der Waals surface area contributed by atoms with E-state index in [0.29, 0.717) is 5.89 Å². The molecule has 0 bridgehead atoms. The molecule has 0 spiro atoms. The van der Waals surface area contributed by atoms with Crippen LogP contribution in [-0.2, 0) is 4.79 Å². The fourth-order valence-corrected chi connectivity index (χ4v) is 3.37. The highest BCUT2D eigenvalue weighted by Crippen LogP contribution is 2.32. The standard InChI is InChI=1S/C21H20N2O2/c1-15-8-10-16(11-9-15)18-6-4-14-23(18)21(24)13-12-20-22-17-5-2-3-7-19(17)25-20/h2-3,5,7-13,18H,4,6,14H2,1H3/b13-12+. The lowest BCUT2D eigenvalue weighted by Gasteiger charge is -2.24. The lowest BCUT2D eigenvalue weighted by Crippen LogP contribution is -2.28. The van der Waals surface area contributed by atoms with Gasteiger partial charge in [-0.1, -0.05) is 42.0 Å². The van der Waals surface area contributed by atoms with E-state index in [9.17, 15) is 4.79 Å². The van der Waals surface area contributed by atoms with Crippen LogP contribution < -0.4 is 0 Å². The van der Waals surface area contributed by atoms with Crippen LogP contribution in [0.15, 0.2) is 59.0 Å². The van der Waals surface area contributed by atoms with Gasteiger partial charge in [-0.3, -0.25) is 4.79 Å². The molecular weight excluding hydrogens is 312 g/mol. The Morgan fingerprint density at radius 1 is 1.20 bits per heavy atom. The number of carbonyl (C=O) groups excluding carboxylic acids is 1. The summed E-state index contributed by atoms with van der Waals surface area (Å²) >= 11 is 0. The van der Waals surface area contributed by atoms with Gasteiger partial charge in [0.05, 0.1) is 6.04 Å². The van der Waals surface area contributed by atoms with Crippen molar-refractivity contribution < 1.29 is 9.21 Å². The number of para-hydroxylation sites is 2. The summed E-state index contributed by atoms with van der Waals surface area (Å²) in [6, 6.07) is 16.2. The summed E-state index contributed by atoms with van der Waals surface area (Å²) in [5.74, 6) is 0.464. The van der Waals surface area contributed by atoms with E-state index in [1.165, 1.54) is 11.1 Å². The van der Waals surface area contributed by atoms with Gasteiger partial charge in [-0.25, -0.2) is 4.98 Å². The fraction of sp³-hybridized carbons (Fsp3) is 0.238. The molecule has 4 nitrogen and oxygen atoms in total. The number of hydrogen-bond donors (Lipinski definition) is 0. The molecule has 1 fully saturated rings. The molecule has 126 valence electrons. The van der Waals surface area contributed by atoms with E-state index < -0.39 is 0 Å². The van der Waals surface area contributed by atoms with Gasteiger partial charge in [0.1, 0.15) is 5.52 Å². The molecule has 0 radical (unpaired) electrons. The van der Waals surface area contributed by atoms with Gasteiger partial charge < -0.3 is 9.32 Å². The number of aromatic nitrogens is 1. The van der Waals surface area contributed by atoms with Gasteiger partial charge >= 0.3 is 0 Å². The monoisotopic (exact) mass is 332 g/mol. The topological polar surface area (TPSA) is 46.3 Å². The predicted molar refractivity (Wildman–Crippen MR) is 97.9 cm³/mol. The fourth-order valence-electron chi connectivity index (χ4n) is 3.37. The molecular formula is C21H20N2O2. The first-order chi connectivity index (χ1) is 12.2. The summed E-state index contributed by atoms with van der Waals surface area (Å²) in [4.78, 5) is 19.0. The normalized spacial score (nSPS) is 17.6. The zero-order valence-corrected chi connectivity index (χ0v) is 14.2. The zero-order chi connectivity index (χ0) is 17.2. The first-order valence-electron chi connectivity index (χ1n) is 8.61. The number of rotatable bonds is 3. The van der Waals surface area contributed by atoms with Crippen molar-refractivity contribution in [3.05, 3.63) is 71.6 Å². The van der Waals surface area contributed by atoms with E-state index in [0.717, 1.165) is 30.5 Å². The van der Waals surface area contributed by atoms with Crippen LogP contribution in [0, 0.1) is 6.92 Å². The molecule has 0 aliphatic carbocycles. The molecule has 1 amide bonds. The molecule has 25 heavy (non-hydrogen) atoms. The van der Waals surface area contributed by atoms with E-state index in [1.807, 2.05) is 29.2 Å². The number of fused-ring (bicyclic) bond motifs is 1. The molecule has 2 heterocycles. The molecule has 1 saturated heterocycles. The van der Waals surface area contributed by atoms with Gasteiger partial charge in [-0.05, 0) is 37.5 Å². The summed E-state index contributed by atoms with van der Waals surface area (Å²) < 4.78 is 5.64. The number of oxazole rings is 1. The first-order valence-corrected chi connectivity index (χ1v) is 8.61. The van der Waals surface area contributed by atoms with Crippen LogP contribution in [-0.4, -0.2) is 22.3 Å². The Morgan fingerprint density at radius 3 is 2.80 bits per heavy atom. The van der Waals surface area contributed by atoms with Crippen LogP contribution in [0.5, 0.6) is 0 Å². The van der Waals surface area contributed by atoms with Gasteiger partial charge in [0.2, 0.25) is 11.8 Å². The van der Waals surface area contributed by atoms with Crippen LogP contribution in [0.25, 0.3) is 17.2 Å². The molecule has 1 aliphatic rings. The molecule has 3 aromatic rings. The van der Waals surface area contributed by atoms with E-state index in [2.05, 4.69) is 36.2 Å². The van der Waals surface area contributed by atoms with Crippen molar-refractivity contribution in [2.24, 2.45) is 0 Å². The lowest BCUT2D eigenvalue weighted by molar-refractivity contribution is -0.126. The van der Waals surface area contributed by atoms with Crippen LogP contribution >= 0.6 is 0 Å². The highest BCUT2D eigenvalue weighted by Gasteiger charge is 2.28. The SMILES string of the molecule is Cc1ccc(C2CCCN2C(=O)/C=C/c2nc3ccccc3o2)cc1. The van der Waals surface area contributed by atoms with Gasteiger partial charge in [0, 0.05) is 18.7 Å². The van der Waals surface area contributed by atoms with E-state index >= 15 is 0 Å². The van der Waals surface area contributed by atoms with Gasteiger partial charge in [-0.15, -0.1) is 0 Å². The highest BCUT2D eigenvalue weighted by atomic mass is 16.3. The van der Waals surface area contributed by atoms with E-state index in [1.54, 1.807) is 12.2 Å². The second-order valence-electron chi connectivity index (χ2n) is 6.45. The van der Waals surface area contributed by atoms with Crippen molar-refractivity contribution in [2.45, 2.75) is 25.8 Å². The maximum absolute atomic E-state index is 12.7. The number of hydrogen-bond acceptors (Lipinski definition) is 3. The molecule has 1 aliphatic heterocycles. The van der Waals surface area contributed by atoms with Gasteiger partial charge in [0.15, 0.2) is 5.58 Å². The average Bonchev–Trinajstić information content (AvgIpc) is 3.27. The third-order valence-electron chi connectivity index (χ3n) is 4.68. The van der Waals surface area contributed by atoms with Crippen molar-refractivity contribution in [3.8, 4) is 0 Å². The molecule has 4 heteroatoms. The summed E-state index contributed by atoms with van der Waals surface area (Å²) in [7, 11) is 0. The Morgan fingerprint density at radius 2 is 2.00 bits per heavy atom. The number of amides is 1. The van der Waals surface area contributed by atoms with Crippen molar-refractivity contribution in [3.63, 3.8) is 0 Å². The zero-order valence-electron chi connectivity index (χ0n) is 14.2. The van der Waals surface area contributed by atoms with Crippen LogP contribution in [0.4, 0.5) is 0 Å². The molecule has 1 unspecified atom stereocenters. The third kappa shape index (κ3) is 3.20. The summed E-state index contributed by atoms with van der Waals surface area (Å²) in [5.41, 5.74) is 3.96. The third-order valence-corrected chi connectivity index (χ3v) is 4.68. The minimum Gasteiger partial charge on any atom is -0.437 e. The summed E-state index contributed by atoms with van der Waals surface area (Å²) in [5, 5.41) is 0. The minimum absolute atomic E-state index is 0.00494. The predicted octanol–water partition coefficient (Wildman–Crippen LogP) is 4.51. The van der Waals surface area contributed by atoms with E-state index in [4.69, 9.17) is 4.42 Å². The Labute approximate surface area is 146 Å². The van der Waals surface area contributed by atoms with Crippen LogP contribution in [0.2, 0.25) is 0 Å². The second kappa shape index (κ2) is 6.55. The molecule has 1 aromatic heterocycles. The number of benzene rings is 2. The van der Waals surface area contributed by atoms with Gasteiger partial charge in [-0.2, -0.15) is 0 Å². The Bertz CT molecular complexity index is 891. The number of carbonyl (C=O) groups is 1. The number of aryl methyl sites for hydroxylation is 1. The smallest absolute Gasteiger partial charge is 0.247 e. The molecule has 0 N–H and O–H groups in total. The maximum atomic E-state index is 12.7. The van der Waals surface area contributed by atoms with Crippen molar-refractivity contribution in [1.82, 2.24) is 9.88 Å². The van der Waals surface area contributed by atoms with Gasteiger partial charge in [0.25, 0.3) is 0 Å². The molecule has 4 rings (SSSR count). The van der Waals surface area contributed by atoms with Crippen molar-refractivity contribution >= 4 is 23.1 Å². The summed E-state index contributed by atoms with van der Waals surface area (Å²) in [6.07, 6.45) is 5.26. The van der Waals surface area contributed by atoms with Crippen molar-refractivity contribution in [1.29, 1.82) is 0 Å². The Balaban J connectivity index is 1.52. The Kier molecular flexibility index (Phi) is 4.10. The molecule has 0 saturated carbocycles. The molecule has 1 atom stereocenters. The summed E-state index contributed by atoms with van der Waals surface area (Å²) in [6.45, 7) is 2.86. The largest absolute Gasteiger partial charge is 0.437 e. The number of likely N-dealkylation sites (tertiary alicyclic amines) is 1. The maximum Gasteiger partial charge on any atom is 0.247 e. The molecule has 2 aromatic carbocycles. The van der Waals surface area contributed by atoms with Crippen molar-refractivity contribution in [2.75, 3.05) is 6.54 Å². The lowest BCUT2D eigenvalue weighted by atomic mass is 10.0. The second-order valence-corrected chi connectivity index (χ2v) is 6.45. The van der Waals surface area contributed by atoms with Crippen LogP contribution in [0.1, 0.15) is 35.9 Å². The minimum atomic E-state index is 0.00494. The van der Waals surface area contributed by atoms with Crippen LogP contribution in [0.3, 0.4) is 0 Å².